The van der Waals surface area contributed by atoms with Crippen LogP contribution < -0.4 is 10.2 Å². The number of aliphatic hydroxyl groups excluding tert-OH is 1. The number of aromatic nitrogens is 3. The SMILES string of the molecule is C[C@H](CO)Nc1ccc(C(=O)N2CCCN(c3ncccn3)CC2)cn1. The third-order valence-corrected chi connectivity index (χ3v) is 4.30. The van der Waals surface area contributed by atoms with Gasteiger partial charge in [-0.05, 0) is 31.5 Å². The van der Waals surface area contributed by atoms with Crippen LogP contribution in [0.15, 0.2) is 36.8 Å². The fourth-order valence-electron chi connectivity index (χ4n) is 2.86. The lowest BCUT2D eigenvalue weighted by atomic mass is 10.2. The van der Waals surface area contributed by atoms with Crippen molar-refractivity contribution in [1.29, 1.82) is 0 Å². The van der Waals surface area contributed by atoms with Crippen LogP contribution in [0.1, 0.15) is 23.7 Å². The maximum Gasteiger partial charge on any atom is 0.255 e. The lowest BCUT2D eigenvalue weighted by Gasteiger charge is -2.22. The number of nitrogens with zero attached hydrogens (tertiary/aromatic N) is 5. The molecule has 8 nitrogen and oxygen atoms in total. The Morgan fingerprint density at radius 2 is 2.00 bits per heavy atom. The summed E-state index contributed by atoms with van der Waals surface area (Å²) in [4.78, 5) is 29.6. The van der Waals surface area contributed by atoms with Crippen LogP contribution in [0, 0.1) is 0 Å². The number of pyridine rings is 1. The van der Waals surface area contributed by atoms with Crippen LogP contribution in [0.2, 0.25) is 0 Å². The van der Waals surface area contributed by atoms with E-state index in [9.17, 15) is 4.79 Å². The van der Waals surface area contributed by atoms with Gasteiger partial charge in [0.25, 0.3) is 5.91 Å². The lowest BCUT2D eigenvalue weighted by molar-refractivity contribution is 0.0766. The summed E-state index contributed by atoms with van der Waals surface area (Å²) in [6.45, 7) is 4.74. The molecule has 0 aromatic carbocycles. The standard InChI is InChI=1S/C18H24N6O2/c1-14(13-25)22-16-5-4-15(12-21-16)17(26)23-8-3-9-24(11-10-23)18-19-6-2-7-20-18/h2,4-7,12,14,25H,3,8-11,13H2,1H3,(H,21,22)/t14-/m1/s1. The molecule has 0 bridgehead atoms. The first-order chi connectivity index (χ1) is 12.7. The molecule has 138 valence electrons. The second-order valence-corrected chi connectivity index (χ2v) is 6.34. The van der Waals surface area contributed by atoms with Gasteiger partial charge in [0.2, 0.25) is 5.95 Å². The van der Waals surface area contributed by atoms with E-state index >= 15 is 0 Å². The molecule has 0 unspecified atom stereocenters. The number of aliphatic hydroxyl groups is 1. The number of nitrogens with one attached hydrogen (secondary N) is 1. The van der Waals surface area contributed by atoms with Gasteiger partial charge in [0, 0.05) is 50.8 Å². The number of rotatable bonds is 5. The summed E-state index contributed by atoms with van der Waals surface area (Å²) >= 11 is 0. The van der Waals surface area contributed by atoms with Gasteiger partial charge in [0.05, 0.1) is 12.2 Å². The Hall–Kier alpha value is -2.74. The van der Waals surface area contributed by atoms with Crippen LogP contribution in [0.25, 0.3) is 0 Å². The van der Waals surface area contributed by atoms with Crippen LogP contribution in [0.3, 0.4) is 0 Å². The van der Waals surface area contributed by atoms with Crippen LogP contribution in [-0.4, -0.2) is 69.7 Å². The monoisotopic (exact) mass is 356 g/mol. The molecule has 1 aliphatic rings. The van der Waals surface area contributed by atoms with Crippen molar-refractivity contribution in [2.45, 2.75) is 19.4 Å². The molecule has 0 aliphatic carbocycles. The molecule has 2 aromatic heterocycles. The first kappa shape index (κ1) is 18.1. The first-order valence-electron chi connectivity index (χ1n) is 8.82. The third-order valence-electron chi connectivity index (χ3n) is 4.30. The van der Waals surface area contributed by atoms with E-state index in [1.807, 2.05) is 11.8 Å². The predicted molar refractivity (Wildman–Crippen MR) is 99.2 cm³/mol. The maximum absolute atomic E-state index is 12.8. The average molecular weight is 356 g/mol. The van der Waals surface area contributed by atoms with Crippen molar-refractivity contribution in [1.82, 2.24) is 19.9 Å². The molecular formula is C18H24N6O2. The normalized spacial score (nSPS) is 16.1. The zero-order valence-electron chi connectivity index (χ0n) is 14.9. The Labute approximate surface area is 152 Å². The van der Waals surface area contributed by atoms with E-state index < -0.39 is 0 Å². The van der Waals surface area contributed by atoms with Crippen molar-refractivity contribution in [2.75, 3.05) is 43.0 Å². The molecule has 0 saturated carbocycles. The summed E-state index contributed by atoms with van der Waals surface area (Å²) in [5.74, 6) is 1.33. The zero-order chi connectivity index (χ0) is 18.4. The Balaban J connectivity index is 1.61. The van der Waals surface area contributed by atoms with Gasteiger partial charge in [-0.15, -0.1) is 0 Å². The lowest BCUT2D eigenvalue weighted by Crippen LogP contribution is -2.35. The molecule has 1 fully saturated rings. The Kier molecular flexibility index (Phi) is 5.96. The number of carbonyl (C=O) groups is 1. The molecule has 2 aromatic rings. The summed E-state index contributed by atoms with van der Waals surface area (Å²) in [7, 11) is 0. The number of amides is 1. The molecule has 3 rings (SSSR count). The fourth-order valence-corrected chi connectivity index (χ4v) is 2.86. The number of carbonyl (C=O) groups excluding carboxylic acids is 1. The van der Waals surface area contributed by atoms with Crippen molar-refractivity contribution in [3.63, 3.8) is 0 Å². The van der Waals surface area contributed by atoms with Crippen molar-refractivity contribution in [3.05, 3.63) is 42.4 Å². The van der Waals surface area contributed by atoms with Gasteiger partial charge in [-0.25, -0.2) is 15.0 Å². The van der Waals surface area contributed by atoms with Gasteiger partial charge >= 0.3 is 0 Å². The topological polar surface area (TPSA) is 94.5 Å². The van der Waals surface area contributed by atoms with E-state index in [2.05, 4.69) is 25.2 Å². The molecule has 2 N–H and O–H groups in total. The third kappa shape index (κ3) is 4.45. The van der Waals surface area contributed by atoms with E-state index in [-0.39, 0.29) is 18.6 Å². The summed E-state index contributed by atoms with van der Waals surface area (Å²) in [5.41, 5.74) is 0.566. The highest BCUT2D eigenvalue weighted by molar-refractivity contribution is 5.94. The number of hydrogen-bond donors (Lipinski definition) is 2. The summed E-state index contributed by atoms with van der Waals surface area (Å²) in [6, 6.07) is 5.25. The molecule has 0 spiro atoms. The van der Waals surface area contributed by atoms with Crippen LogP contribution in [0.4, 0.5) is 11.8 Å². The van der Waals surface area contributed by atoms with Gasteiger partial charge in [-0.2, -0.15) is 0 Å². The largest absolute Gasteiger partial charge is 0.394 e. The molecule has 1 atom stereocenters. The second-order valence-electron chi connectivity index (χ2n) is 6.34. The number of anilines is 2. The van der Waals surface area contributed by atoms with E-state index in [1.54, 1.807) is 36.8 Å². The molecule has 1 aliphatic heterocycles. The van der Waals surface area contributed by atoms with Gasteiger partial charge in [-0.1, -0.05) is 0 Å². The Morgan fingerprint density at radius 3 is 2.69 bits per heavy atom. The molecule has 26 heavy (non-hydrogen) atoms. The van der Waals surface area contributed by atoms with Gasteiger partial charge in [0.15, 0.2) is 0 Å². The molecule has 8 heteroatoms. The quantitative estimate of drug-likeness (QED) is 0.826. The molecule has 3 heterocycles. The maximum atomic E-state index is 12.8. The van der Waals surface area contributed by atoms with Crippen molar-refractivity contribution in [2.24, 2.45) is 0 Å². The van der Waals surface area contributed by atoms with E-state index in [4.69, 9.17) is 5.11 Å². The average Bonchev–Trinajstić information content (AvgIpc) is 2.95. The van der Waals surface area contributed by atoms with Gasteiger partial charge < -0.3 is 20.2 Å². The highest BCUT2D eigenvalue weighted by Crippen LogP contribution is 2.14. The van der Waals surface area contributed by atoms with Crippen LogP contribution >= 0.6 is 0 Å². The minimum Gasteiger partial charge on any atom is -0.394 e. The van der Waals surface area contributed by atoms with Crippen molar-refractivity contribution in [3.8, 4) is 0 Å². The second kappa shape index (κ2) is 8.57. The summed E-state index contributed by atoms with van der Waals surface area (Å²) in [6.07, 6.45) is 5.91. The molecule has 1 amide bonds. The number of hydrogen-bond acceptors (Lipinski definition) is 7. The highest BCUT2D eigenvalue weighted by atomic mass is 16.3. The first-order valence-corrected chi connectivity index (χ1v) is 8.82. The Morgan fingerprint density at radius 1 is 1.19 bits per heavy atom. The predicted octanol–water partition coefficient (Wildman–Crippen LogP) is 1.02. The van der Waals surface area contributed by atoms with Crippen LogP contribution in [-0.2, 0) is 0 Å². The van der Waals surface area contributed by atoms with Gasteiger partial charge in [0.1, 0.15) is 5.82 Å². The summed E-state index contributed by atoms with van der Waals surface area (Å²) < 4.78 is 0. The van der Waals surface area contributed by atoms with E-state index in [1.165, 1.54) is 0 Å². The smallest absolute Gasteiger partial charge is 0.255 e. The summed E-state index contributed by atoms with van der Waals surface area (Å²) in [5, 5.41) is 12.1. The Bertz CT molecular complexity index is 709. The molecule has 1 saturated heterocycles. The van der Waals surface area contributed by atoms with Crippen LogP contribution in [0.5, 0.6) is 0 Å². The zero-order valence-corrected chi connectivity index (χ0v) is 14.9. The molecular weight excluding hydrogens is 332 g/mol. The highest BCUT2D eigenvalue weighted by Gasteiger charge is 2.21. The minimum atomic E-state index is -0.0825. The minimum absolute atomic E-state index is 0.0184. The fraction of sp³-hybridized carbons (Fsp3) is 0.444. The van der Waals surface area contributed by atoms with E-state index in [0.717, 1.165) is 13.0 Å². The van der Waals surface area contributed by atoms with Gasteiger partial charge in [-0.3, -0.25) is 4.79 Å². The van der Waals surface area contributed by atoms with Crippen molar-refractivity contribution < 1.29 is 9.90 Å². The van der Waals surface area contributed by atoms with E-state index in [0.29, 0.717) is 37.0 Å². The molecule has 0 radical (unpaired) electrons. The van der Waals surface area contributed by atoms with Crippen molar-refractivity contribution >= 4 is 17.7 Å².